The van der Waals surface area contributed by atoms with Crippen molar-refractivity contribution in [2.75, 3.05) is 12.1 Å². The van der Waals surface area contributed by atoms with Crippen LogP contribution in [0.1, 0.15) is 58.2 Å². The fourth-order valence-electron chi connectivity index (χ4n) is 3.03. The summed E-state index contributed by atoms with van der Waals surface area (Å²) in [6.45, 7) is 12.2. The van der Waals surface area contributed by atoms with E-state index in [1.807, 2.05) is 53.7 Å². The van der Waals surface area contributed by atoms with E-state index in [0.29, 0.717) is 12.2 Å². The largest absolute Gasteiger partial charge is 0.507 e. The van der Waals surface area contributed by atoms with Gasteiger partial charge in [-0.05, 0) is 33.9 Å². The minimum absolute atomic E-state index is 0.165. The average Bonchev–Trinajstić information content (AvgIpc) is 2.79. The van der Waals surface area contributed by atoms with Gasteiger partial charge in [0.15, 0.2) is 0 Å². The third-order valence-electron chi connectivity index (χ3n) is 4.52. The molecule has 1 aliphatic heterocycles. The molecule has 0 bridgehead atoms. The lowest BCUT2D eigenvalue weighted by atomic mass is 9.78. The van der Waals surface area contributed by atoms with Crippen LogP contribution < -0.4 is 0 Å². The highest BCUT2D eigenvalue weighted by atomic mass is 32.2. The number of rotatable bonds is 3. The molecule has 1 aromatic rings. The first-order valence-corrected chi connectivity index (χ1v) is 11.5. The van der Waals surface area contributed by atoms with Crippen LogP contribution in [-0.2, 0) is 32.1 Å². The smallest absolute Gasteiger partial charge is 0.250 e. The molecule has 0 saturated carbocycles. The molecule has 0 radical (unpaired) electrons. The van der Waals surface area contributed by atoms with E-state index in [1.54, 1.807) is 0 Å². The van der Waals surface area contributed by atoms with Gasteiger partial charge in [-0.15, -0.1) is 11.8 Å². The lowest BCUT2D eigenvalue weighted by Crippen LogP contribution is -2.35. The second-order valence-corrected chi connectivity index (χ2v) is 12.0. The second kappa shape index (κ2) is 6.75. The topological polar surface area (TPSA) is 74.7 Å². The van der Waals surface area contributed by atoms with E-state index in [4.69, 9.17) is 0 Å². The molecule has 2 rings (SSSR count). The number of nitrogens with zero attached hydrogens (tertiary/aromatic N) is 1. The summed E-state index contributed by atoms with van der Waals surface area (Å²) in [5.41, 5.74) is 2.14. The lowest BCUT2D eigenvalue weighted by Gasteiger charge is -2.28. The predicted octanol–water partition coefficient (Wildman–Crippen LogP) is 3.39. The van der Waals surface area contributed by atoms with Crippen LogP contribution in [0, 0.1) is 0 Å². The van der Waals surface area contributed by atoms with Crippen LogP contribution in [0.5, 0.6) is 5.75 Å². The summed E-state index contributed by atoms with van der Waals surface area (Å²) in [5.74, 6) is 0.107. The van der Waals surface area contributed by atoms with Gasteiger partial charge in [-0.2, -0.15) is 0 Å². The van der Waals surface area contributed by atoms with Crippen LogP contribution in [0.25, 0.3) is 0 Å². The first kappa shape index (κ1) is 21.1. The molecule has 1 amide bonds. The molecule has 0 spiro atoms. The highest BCUT2D eigenvalue weighted by Crippen LogP contribution is 2.40. The quantitative estimate of drug-likeness (QED) is 0.843. The Morgan fingerprint density at radius 3 is 1.92 bits per heavy atom. The van der Waals surface area contributed by atoms with Gasteiger partial charge in [-0.3, -0.25) is 4.79 Å². The highest BCUT2D eigenvalue weighted by Gasteiger charge is 2.38. The van der Waals surface area contributed by atoms with Crippen LogP contribution in [0.4, 0.5) is 0 Å². The van der Waals surface area contributed by atoms with Crippen molar-refractivity contribution in [1.29, 1.82) is 0 Å². The molecule has 5 nitrogen and oxygen atoms in total. The van der Waals surface area contributed by atoms with Crippen molar-refractivity contribution >= 4 is 27.7 Å². The molecular formula is C19H29NO4S2. The van der Waals surface area contributed by atoms with Crippen molar-refractivity contribution in [1.82, 2.24) is 4.31 Å². The van der Waals surface area contributed by atoms with E-state index in [2.05, 4.69) is 0 Å². The Labute approximate surface area is 161 Å². The third kappa shape index (κ3) is 4.36. The van der Waals surface area contributed by atoms with Gasteiger partial charge >= 0.3 is 0 Å². The van der Waals surface area contributed by atoms with Crippen LogP contribution in [0.2, 0.25) is 0 Å². The maximum absolute atomic E-state index is 12.5. The molecule has 7 heteroatoms. The number of hydrogen-bond acceptors (Lipinski definition) is 5. The molecule has 1 aliphatic rings. The van der Waals surface area contributed by atoms with Crippen molar-refractivity contribution in [3.63, 3.8) is 0 Å². The lowest BCUT2D eigenvalue weighted by molar-refractivity contribution is -0.124. The minimum atomic E-state index is -3.52. The van der Waals surface area contributed by atoms with Gasteiger partial charge in [0.2, 0.25) is 15.9 Å². The van der Waals surface area contributed by atoms with Crippen molar-refractivity contribution in [2.24, 2.45) is 0 Å². The predicted molar refractivity (Wildman–Crippen MR) is 107 cm³/mol. The van der Waals surface area contributed by atoms with Crippen molar-refractivity contribution in [3.05, 3.63) is 28.8 Å². The van der Waals surface area contributed by atoms with E-state index in [9.17, 15) is 18.3 Å². The Balaban J connectivity index is 2.43. The molecule has 1 aromatic carbocycles. The van der Waals surface area contributed by atoms with Gasteiger partial charge in [-0.25, -0.2) is 12.7 Å². The van der Waals surface area contributed by atoms with Crippen molar-refractivity contribution in [2.45, 2.75) is 64.0 Å². The zero-order valence-electron chi connectivity index (χ0n) is 16.6. The average molecular weight is 400 g/mol. The van der Waals surface area contributed by atoms with Gasteiger partial charge in [-0.1, -0.05) is 53.7 Å². The fraction of sp³-hybridized carbons (Fsp3) is 0.632. The number of hydrogen-bond donors (Lipinski definition) is 1. The van der Waals surface area contributed by atoms with Gasteiger partial charge in [0.05, 0.1) is 17.4 Å². The number of amides is 1. The van der Waals surface area contributed by atoms with E-state index in [0.717, 1.165) is 27.3 Å². The molecule has 146 valence electrons. The molecular weight excluding hydrogens is 370 g/mol. The molecule has 1 saturated heterocycles. The number of benzene rings is 1. The summed E-state index contributed by atoms with van der Waals surface area (Å²) in [6, 6.07) is 3.89. The summed E-state index contributed by atoms with van der Waals surface area (Å²) >= 11 is 1.35. The Morgan fingerprint density at radius 2 is 1.58 bits per heavy atom. The number of aromatic hydroxyl groups is 1. The first-order chi connectivity index (χ1) is 11.6. The molecule has 0 aliphatic carbocycles. The molecule has 1 atom stereocenters. The summed E-state index contributed by atoms with van der Waals surface area (Å²) < 4.78 is 24.4. The number of carbonyl (C=O) groups excluding carboxylic acids is 1. The van der Waals surface area contributed by atoms with E-state index >= 15 is 0 Å². The maximum atomic E-state index is 12.5. The van der Waals surface area contributed by atoms with Crippen LogP contribution >= 0.6 is 11.8 Å². The second-order valence-electron chi connectivity index (χ2n) is 8.98. The Bertz CT molecular complexity index is 782. The van der Waals surface area contributed by atoms with Crippen LogP contribution in [-0.4, -0.2) is 41.1 Å². The van der Waals surface area contributed by atoms with Crippen molar-refractivity contribution < 1.29 is 18.3 Å². The normalized spacial score (nSPS) is 19.3. The molecule has 0 aromatic heterocycles. The summed E-state index contributed by atoms with van der Waals surface area (Å²) in [4.78, 5) is 12.5. The SMILES string of the molecule is CC(C)(C)c1cc(CC2SCN(S(C)(=O)=O)C2=O)cc(C(C)(C)C)c1O. The standard InChI is InChI=1S/C19H29NO4S2/c1-18(2,3)13-8-12(9-14(16(13)21)19(4,5)6)10-15-17(22)20(11-25-15)26(7,23)24/h8-9,15,21H,10-11H2,1-7H3. The maximum Gasteiger partial charge on any atom is 0.250 e. The van der Waals surface area contributed by atoms with Crippen LogP contribution in [0.15, 0.2) is 12.1 Å². The Morgan fingerprint density at radius 1 is 1.12 bits per heavy atom. The molecule has 1 heterocycles. The number of carbonyl (C=O) groups is 1. The van der Waals surface area contributed by atoms with E-state index in [1.165, 1.54) is 11.8 Å². The van der Waals surface area contributed by atoms with E-state index < -0.39 is 15.3 Å². The molecule has 1 fully saturated rings. The highest BCUT2D eigenvalue weighted by molar-refractivity contribution is 8.02. The number of thioether (sulfide) groups is 1. The van der Waals surface area contributed by atoms with Crippen LogP contribution in [0.3, 0.4) is 0 Å². The fourth-order valence-corrected chi connectivity index (χ4v) is 5.52. The van der Waals surface area contributed by atoms with Gasteiger partial charge in [0.1, 0.15) is 5.75 Å². The zero-order valence-corrected chi connectivity index (χ0v) is 18.2. The first-order valence-electron chi connectivity index (χ1n) is 8.62. The summed E-state index contributed by atoms with van der Waals surface area (Å²) in [7, 11) is -3.52. The Kier molecular flexibility index (Phi) is 5.48. The van der Waals surface area contributed by atoms with Gasteiger partial charge in [0.25, 0.3) is 0 Å². The van der Waals surface area contributed by atoms with Crippen molar-refractivity contribution in [3.8, 4) is 5.75 Å². The number of phenolic OH excluding ortho intramolecular Hbond substituents is 1. The molecule has 1 unspecified atom stereocenters. The number of phenols is 1. The summed E-state index contributed by atoms with van der Waals surface area (Å²) in [5, 5.41) is 10.4. The third-order valence-corrected chi connectivity index (χ3v) is 6.97. The summed E-state index contributed by atoms with van der Waals surface area (Å²) in [6.07, 6.45) is 1.51. The molecule has 26 heavy (non-hydrogen) atoms. The van der Waals surface area contributed by atoms with Gasteiger partial charge < -0.3 is 5.11 Å². The molecule has 1 N–H and O–H groups in total. The minimum Gasteiger partial charge on any atom is -0.507 e. The Hall–Kier alpha value is -1.21. The number of sulfonamides is 1. The monoisotopic (exact) mass is 399 g/mol. The van der Waals surface area contributed by atoms with Gasteiger partial charge in [0, 0.05) is 0 Å². The van der Waals surface area contributed by atoms with E-state index in [-0.39, 0.29) is 22.6 Å². The zero-order chi connectivity index (χ0) is 20.1.